The first-order chi connectivity index (χ1) is 11.1. The lowest BCUT2D eigenvalue weighted by Gasteiger charge is -2.24. The fraction of sp³-hybridized carbons (Fsp3) is 0.500. The molecule has 2 aromatic rings. The molecule has 3 rings (SSSR count). The van der Waals surface area contributed by atoms with Gasteiger partial charge < -0.3 is 15.1 Å². The molecule has 2 N–H and O–H groups in total. The highest BCUT2D eigenvalue weighted by Crippen LogP contribution is 2.19. The minimum absolute atomic E-state index is 0.0152. The average molecular weight is 333 g/mol. The Balaban J connectivity index is 1.80. The van der Waals surface area contributed by atoms with E-state index in [0.29, 0.717) is 25.3 Å². The van der Waals surface area contributed by atoms with Crippen LogP contribution in [0.5, 0.6) is 0 Å². The number of nitrogens with zero attached hydrogens (tertiary/aromatic N) is 3. The number of likely N-dealkylation sites (N-methyl/N-ethyl adjacent to an activating group) is 1. The van der Waals surface area contributed by atoms with E-state index < -0.39 is 0 Å². The maximum Gasteiger partial charge on any atom is 0.275 e. The van der Waals surface area contributed by atoms with Crippen LogP contribution in [0, 0.1) is 0 Å². The van der Waals surface area contributed by atoms with Crippen molar-refractivity contribution < 1.29 is 4.79 Å². The zero-order chi connectivity index (χ0) is 16.2. The van der Waals surface area contributed by atoms with E-state index in [2.05, 4.69) is 26.5 Å². The highest BCUT2D eigenvalue weighted by atomic mass is 32.1. The highest BCUT2D eigenvalue weighted by Gasteiger charge is 2.25. The van der Waals surface area contributed by atoms with Gasteiger partial charge in [0.25, 0.3) is 5.91 Å². The van der Waals surface area contributed by atoms with Gasteiger partial charge in [0.1, 0.15) is 0 Å². The summed E-state index contributed by atoms with van der Waals surface area (Å²) in [5.41, 5.74) is 2.69. The molecule has 23 heavy (non-hydrogen) atoms. The molecule has 7 heteroatoms. The fourth-order valence-electron chi connectivity index (χ4n) is 2.72. The Morgan fingerprint density at radius 2 is 2.26 bits per heavy atom. The van der Waals surface area contributed by atoms with E-state index in [1.807, 2.05) is 30.4 Å². The quantitative estimate of drug-likeness (QED) is 0.837. The third-order valence-electron chi connectivity index (χ3n) is 4.04. The Bertz CT molecular complexity index is 649. The number of hydrogen-bond acceptors (Lipinski definition) is 5. The van der Waals surface area contributed by atoms with E-state index in [-0.39, 0.29) is 5.91 Å². The second-order valence-corrected chi connectivity index (χ2v) is 7.10. The first-order valence-corrected chi connectivity index (χ1v) is 8.76. The van der Waals surface area contributed by atoms with Gasteiger partial charge >= 0.3 is 0 Å². The van der Waals surface area contributed by atoms with Gasteiger partial charge in [0, 0.05) is 48.7 Å². The van der Waals surface area contributed by atoms with Crippen molar-refractivity contribution in [1.82, 2.24) is 25.3 Å². The normalized spacial score (nSPS) is 14.0. The Morgan fingerprint density at radius 3 is 3.00 bits per heavy atom. The molecule has 0 bridgehead atoms. The third kappa shape index (κ3) is 3.80. The summed E-state index contributed by atoms with van der Waals surface area (Å²) in [4.78, 5) is 18.2. The van der Waals surface area contributed by atoms with E-state index in [0.717, 1.165) is 30.8 Å². The van der Waals surface area contributed by atoms with Crippen LogP contribution in [-0.4, -0.2) is 59.6 Å². The molecule has 0 fully saturated rings. The van der Waals surface area contributed by atoms with Crippen molar-refractivity contribution in [3.8, 4) is 0 Å². The molecule has 124 valence electrons. The van der Waals surface area contributed by atoms with E-state index in [1.165, 1.54) is 4.88 Å². The molecule has 0 atom stereocenters. The Labute approximate surface area is 140 Å². The number of carbonyl (C=O) groups excluding carboxylic acids is 1. The zero-order valence-corrected chi connectivity index (χ0v) is 14.4. The molecule has 0 unspecified atom stereocenters. The van der Waals surface area contributed by atoms with Gasteiger partial charge in [-0.05, 0) is 25.5 Å². The number of aromatic amines is 1. The number of nitrogens with one attached hydrogen (secondary N) is 2. The summed E-state index contributed by atoms with van der Waals surface area (Å²) in [5.74, 6) is 0.0152. The summed E-state index contributed by atoms with van der Waals surface area (Å²) < 4.78 is 0. The van der Waals surface area contributed by atoms with Crippen molar-refractivity contribution in [2.45, 2.75) is 19.5 Å². The minimum Gasteiger partial charge on any atom is -0.331 e. The molecule has 3 heterocycles. The van der Waals surface area contributed by atoms with Crippen LogP contribution < -0.4 is 5.32 Å². The molecule has 0 aliphatic carbocycles. The van der Waals surface area contributed by atoms with Crippen molar-refractivity contribution in [1.29, 1.82) is 0 Å². The van der Waals surface area contributed by atoms with Gasteiger partial charge in [0.15, 0.2) is 5.69 Å². The molecular formula is C16H23N5OS. The van der Waals surface area contributed by atoms with Gasteiger partial charge in [0.2, 0.25) is 0 Å². The molecule has 1 aliphatic rings. The van der Waals surface area contributed by atoms with Crippen LogP contribution in [0.2, 0.25) is 0 Å². The monoisotopic (exact) mass is 333 g/mol. The van der Waals surface area contributed by atoms with Crippen molar-refractivity contribution in [3.05, 3.63) is 39.3 Å². The number of H-pyrrole nitrogens is 1. The highest BCUT2D eigenvalue weighted by molar-refractivity contribution is 7.09. The Morgan fingerprint density at radius 1 is 1.39 bits per heavy atom. The van der Waals surface area contributed by atoms with Gasteiger partial charge in [0.05, 0.1) is 6.54 Å². The summed E-state index contributed by atoms with van der Waals surface area (Å²) in [6.07, 6.45) is 0.901. The van der Waals surface area contributed by atoms with E-state index in [9.17, 15) is 4.79 Å². The molecule has 0 saturated heterocycles. The molecule has 0 radical (unpaired) electrons. The fourth-order valence-corrected chi connectivity index (χ4v) is 3.44. The van der Waals surface area contributed by atoms with Crippen molar-refractivity contribution >= 4 is 17.2 Å². The van der Waals surface area contributed by atoms with Crippen LogP contribution in [0.4, 0.5) is 0 Å². The topological polar surface area (TPSA) is 64.3 Å². The lowest BCUT2D eigenvalue weighted by molar-refractivity contribution is 0.0726. The number of thiophene rings is 1. The second-order valence-electron chi connectivity index (χ2n) is 6.07. The first kappa shape index (κ1) is 16.2. The van der Waals surface area contributed by atoms with Gasteiger partial charge in [-0.3, -0.25) is 9.89 Å². The minimum atomic E-state index is 0.0152. The molecule has 1 aliphatic heterocycles. The number of amides is 1. The van der Waals surface area contributed by atoms with Crippen LogP contribution in [0.1, 0.15) is 26.6 Å². The number of aromatic nitrogens is 2. The van der Waals surface area contributed by atoms with Crippen LogP contribution in [0.15, 0.2) is 17.5 Å². The molecule has 0 aromatic carbocycles. The van der Waals surface area contributed by atoms with Crippen LogP contribution in [0.25, 0.3) is 0 Å². The van der Waals surface area contributed by atoms with Crippen LogP contribution in [-0.2, 0) is 19.5 Å². The molecular weight excluding hydrogens is 310 g/mol. The van der Waals surface area contributed by atoms with Gasteiger partial charge in [-0.25, -0.2) is 0 Å². The summed E-state index contributed by atoms with van der Waals surface area (Å²) in [6, 6.07) is 4.09. The lowest BCUT2D eigenvalue weighted by atomic mass is 10.1. The second kappa shape index (κ2) is 7.25. The predicted octanol–water partition coefficient (Wildman–Crippen LogP) is 1.32. The first-order valence-electron chi connectivity index (χ1n) is 7.88. The van der Waals surface area contributed by atoms with Crippen LogP contribution in [0.3, 0.4) is 0 Å². The standard InChI is InChI=1S/C16H23N5OS/c1-20(2)7-8-21(11-12-4-3-9-23-12)16(22)15-13-10-17-6-5-14(13)18-19-15/h3-4,9,17H,5-8,10-11H2,1-2H3,(H,18,19). The number of carbonyl (C=O) groups is 1. The summed E-state index contributed by atoms with van der Waals surface area (Å²) in [5, 5.41) is 12.7. The van der Waals surface area contributed by atoms with Gasteiger partial charge in [-0.2, -0.15) is 5.10 Å². The van der Waals surface area contributed by atoms with Crippen LogP contribution >= 0.6 is 11.3 Å². The average Bonchev–Trinajstić information content (AvgIpc) is 3.20. The van der Waals surface area contributed by atoms with Gasteiger partial charge in [-0.1, -0.05) is 6.07 Å². The summed E-state index contributed by atoms with van der Waals surface area (Å²) in [6.45, 7) is 3.82. The zero-order valence-electron chi connectivity index (χ0n) is 13.6. The third-order valence-corrected chi connectivity index (χ3v) is 4.90. The van der Waals surface area contributed by atoms with E-state index in [4.69, 9.17) is 0 Å². The molecule has 0 spiro atoms. The predicted molar refractivity (Wildman–Crippen MR) is 91.6 cm³/mol. The van der Waals surface area contributed by atoms with Crippen molar-refractivity contribution in [2.75, 3.05) is 33.7 Å². The van der Waals surface area contributed by atoms with E-state index >= 15 is 0 Å². The lowest BCUT2D eigenvalue weighted by Crippen LogP contribution is -2.37. The Kier molecular flexibility index (Phi) is 5.09. The Hall–Kier alpha value is -1.70. The summed E-state index contributed by atoms with van der Waals surface area (Å²) in [7, 11) is 4.04. The number of rotatable bonds is 6. The smallest absolute Gasteiger partial charge is 0.275 e. The molecule has 2 aromatic heterocycles. The number of hydrogen-bond donors (Lipinski definition) is 2. The van der Waals surface area contributed by atoms with Crippen molar-refractivity contribution in [3.63, 3.8) is 0 Å². The largest absolute Gasteiger partial charge is 0.331 e. The number of fused-ring (bicyclic) bond motifs is 1. The molecule has 1 amide bonds. The molecule has 0 saturated carbocycles. The summed E-state index contributed by atoms with van der Waals surface area (Å²) >= 11 is 1.68. The van der Waals surface area contributed by atoms with E-state index in [1.54, 1.807) is 11.3 Å². The van der Waals surface area contributed by atoms with Crippen molar-refractivity contribution in [2.24, 2.45) is 0 Å². The van der Waals surface area contributed by atoms with Gasteiger partial charge in [-0.15, -0.1) is 11.3 Å². The SMILES string of the molecule is CN(C)CCN(Cc1cccs1)C(=O)c1n[nH]c2c1CNCC2. The molecule has 6 nitrogen and oxygen atoms in total. The maximum absolute atomic E-state index is 13.0. The maximum atomic E-state index is 13.0.